The molecule has 9 rings (SSSR count). The van der Waals surface area contributed by atoms with Crippen molar-refractivity contribution in [2.45, 2.75) is 69.3 Å². The maximum Gasteiger partial charge on any atom is 0.407 e. The predicted molar refractivity (Wildman–Crippen MR) is 163 cm³/mol. The summed E-state index contributed by atoms with van der Waals surface area (Å²) < 4.78 is 43.3. The molecule has 3 aromatic rings. The Kier molecular flexibility index (Phi) is 6.94. The van der Waals surface area contributed by atoms with E-state index in [-0.39, 0.29) is 53.9 Å². The molecular weight excluding hydrogens is 606 g/mol. The number of nitrogens with zero attached hydrogens (tertiary/aromatic N) is 5. The normalized spacial score (nSPS) is 32.4. The van der Waals surface area contributed by atoms with E-state index in [1.54, 1.807) is 6.20 Å². The first-order valence-electron chi connectivity index (χ1n) is 15.8. The summed E-state index contributed by atoms with van der Waals surface area (Å²) in [5.41, 5.74) is 0.541. The van der Waals surface area contributed by atoms with Crippen LogP contribution >= 0.6 is 11.6 Å². The summed E-state index contributed by atoms with van der Waals surface area (Å²) in [6.45, 7) is 4.11. The van der Waals surface area contributed by atoms with E-state index in [1.165, 1.54) is 12.1 Å². The fourth-order valence-electron chi connectivity index (χ4n) is 7.92. The smallest absolute Gasteiger partial charge is 0.407 e. The number of rotatable bonds is 2. The third-order valence-corrected chi connectivity index (χ3v) is 10.5. The van der Waals surface area contributed by atoms with Crippen LogP contribution in [0.3, 0.4) is 0 Å². The molecule has 238 valence electrons. The van der Waals surface area contributed by atoms with Crippen LogP contribution in [0.4, 0.5) is 19.4 Å². The van der Waals surface area contributed by atoms with Gasteiger partial charge in [0, 0.05) is 48.9 Å². The largest absolute Gasteiger partial charge is 0.508 e. The minimum Gasteiger partial charge on any atom is -0.508 e. The van der Waals surface area contributed by atoms with Crippen LogP contribution in [0.15, 0.2) is 18.3 Å². The van der Waals surface area contributed by atoms with E-state index in [2.05, 4.69) is 15.3 Å². The van der Waals surface area contributed by atoms with Crippen molar-refractivity contribution in [1.82, 2.24) is 25.2 Å². The maximum atomic E-state index is 16.8. The summed E-state index contributed by atoms with van der Waals surface area (Å²) in [7, 11) is 0. The molecule has 0 spiro atoms. The fourth-order valence-corrected chi connectivity index (χ4v) is 8.27. The number of fused-ring (bicyclic) bond motifs is 7. The maximum absolute atomic E-state index is 16.8. The second kappa shape index (κ2) is 10.8. The zero-order valence-corrected chi connectivity index (χ0v) is 25.7. The Balaban J connectivity index is 1.28. The average Bonchev–Trinajstić information content (AvgIpc) is 3.62. The van der Waals surface area contributed by atoms with Crippen LogP contribution < -0.4 is 15.0 Å². The number of amides is 1. The number of hydrogen-bond acceptors (Lipinski definition) is 9. The highest BCUT2D eigenvalue weighted by molar-refractivity contribution is 6.32. The Morgan fingerprint density at radius 2 is 2.07 bits per heavy atom. The van der Waals surface area contributed by atoms with Crippen molar-refractivity contribution in [3.05, 3.63) is 34.7 Å². The van der Waals surface area contributed by atoms with Crippen molar-refractivity contribution >= 4 is 34.4 Å². The van der Waals surface area contributed by atoms with Crippen LogP contribution in [0.25, 0.3) is 22.2 Å². The lowest BCUT2D eigenvalue weighted by atomic mass is 9.86. The number of halogens is 3. The van der Waals surface area contributed by atoms with Crippen molar-refractivity contribution in [2.75, 3.05) is 37.7 Å². The highest BCUT2D eigenvalue weighted by Crippen LogP contribution is 2.55. The van der Waals surface area contributed by atoms with Crippen LogP contribution in [-0.2, 0) is 4.74 Å². The number of pyridine rings is 1. The molecule has 7 heterocycles. The van der Waals surface area contributed by atoms with Crippen molar-refractivity contribution < 1.29 is 28.2 Å². The molecule has 8 bridgehead atoms. The predicted octanol–water partition coefficient (Wildman–Crippen LogP) is 5.55. The SMILES string of the molecule is C[C@@]12CCN(C1)c1nc(OC3C4CCCN3C[C@H](F)C4)nc3c(F)c(ncc13)-c1cc(O)cc(Cl)c1[C@@H]1C[C@@H]1CCOC(=O)N2. The van der Waals surface area contributed by atoms with Gasteiger partial charge in [0.25, 0.3) is 0 Å². The van der Waals surface area contributed by atoms with E-state index in [1.807, 2.05) is 16.7 Å². The zero-order chi connectivity index (χ0) is 31.0. The molecule has 1 aliphatic carbocycles. The van der Waals surface area contributed by atoms with Gasteiger partial charge < -0.3 is 24.8 Å². The van der Waals surface area contributed by atoms with E-state index in [0.29, 0.717) is 66.3 Å². The van der Waals surface area contributed by atoms with Crippen LogP contribution in [0, 0.1) is 17.7 Å². The third kappa shape index (κ3) is 5.19. The molecule has 3 saturated heterocycles. The Hall–Kier alpha value is -3.51. The number of hydrogen-bond donors (Lipinski definition) is 2. The topological polar surface area (TPSA) is 113 Å². The number of aromatic nitrogens is 3. The highest BCUT2D eigenvalue weighted by Gasteiger charge is 2.44. The molecule has 4 fully saturated rings. The summed E-state index contributed by atoms with van der Waals surface area (Å²) in [4.78, 5) is 30.8. The Morgan fingerprint density at radius 1 is 1.20 bits per heavy atom. The first-order chi connectivity index (χ1) is 21.7. The van der Waals surface area contributed by atoms with Gasteiger partial charge >= 0.3 is 12.1 Å². The van der Waals surface area contributed by atoms with Gasteiger partial charge in [-0.3, -0.25) is 9.88 Å². The molecule has 7 atom stereocenters. The molecule has 45 heavy (non-hydrogen) atoms. The van der Waals surface area contributed by atoms with Gasteiger partial charge in [0.05, 0.1) is 17.5 Å². The third-order valence-electron chi connectivity index (χ3n) is 10.2. The summed E-state index contributed by atoms with van der Waals surface area (Å²) in [5, 5.41) is 14.3. The number of ether oxygens (including phenoxy) is 2. The number of phenols is 1. The number of benzene rings is 1. The lowest BCUT2D eigenvalue weighted by molar-refractivity contribution is -0.0989. The van der Waals surface area contributed by atoms with Crippen molar-refractivity contribution in [3.8, 4) is 23.0 Å². The van der Waals surface area contributed by atoms with Crippen molar-refractivity contribution in [3.63, 3.8) is 0 Å². The number of aromatic hydroxyl groups is 1. The number of alkyl halides is 1. The number of nitrogens with one attached hydrogen (secondary N) is 1. The van der Waals surface area contributed by atoms with Gasteiger partial charge in [-0.15, -0.1) is 0 Å². The monoisotopic (exact) mass is 640 g/mol. The minimum absolute atomic E-state index is 0.00284. The molecule has 10 nitrogen and oxygen atoms in total. The number of carbonyl (C=O) groups excluding carboxylic acids is 1. The van der Waals surface area contributed by atoms with Gasteiger partial charge in [-0.1, -0.05) is 11.6 Å². The summed E-state index contributed by atoms with van der Waals surface area (Å²) >= 11 is 6.68. The molecule has 5 aliphatic heterocycles. The minimum atomic E-state index is -0.916. The molecule has 2 aromatic heterocycles. The summed E-state index contributed by atoms with van der Waals surface area (Å²) in [5.74, 6) is -0.185. The van der Waals surface area contributed by atoms with Gasteiger partial charge in [-0.2, -0.15) is 9.97 Å². The van der Waals surface area contributed by atoms with Crippen LogP contribution in [0.5, 0.6) is 11.8 Å². The van der Waals surface area contributed by atoms with Gasteiger partial charge in [-0.05, 0) is 75.0 Å². The molecule has 1 aromatic carbocycles. The van der Waals surface area contributed by atoms with Crippen LogP contribution in [-0.4, -0.2) is 81.8 Å². The lowest BCUT2D eigenvalue weighted by Gasteiger charge is -2.45. The highest BCUT2D eigenvalue weighted by atomic mass is 35.5. The quantitative estimate of drug-likeness (QED) is 0.372. The Morgan fingerprint density at radius 3 is 2.91 bits per heavy atom. The van der Waals surface area contributed by atoms with Gasteiger partial charge in [0.1, 0.15) is 28.9 Å². The van der Waals surface area contributed by atoms with E-state index in [9.17, 15) is 14.3 Å². The molecule has 3 unspecified atom stereocenters. The number of carbonyl (C=O) groups is 1. The second-order valence-corrected chi connectivity index (χ2v) is 13.9. The number of anilines is 1. The van der Waals surface area contributed by atoms with Crippen LogP contribution in [0.2, 0.25) is 5.02 Å². The molecule has 1 saturated carbocycles. The first-order valence-corrected chi connectivity index (χ1v) is 16.2. The fraction of sp³-hybridized carbons (Fsp3) is 0.562. The second-order valence-electron chi connectivity index (χ2n) is 13.5. The van der Waals surface area contributed by atoms with Gasteiger partial charge in [0.2, 0.25) is 0 Å². The van der Waals surface area contributed by atoms with Crippen LogP contribution in [0.1, 0.15) is 56.9 Å². The number of piperidine rings is 2. The molecule has 2 N–H and O–H groups in total. The van der Waals surface area contributed by atoms with Gasteiger partial charge in [-0.25, -0.2) is 13.6 Å². The van der Waals surface area contributed by atoms with E-state index in [0.717, 1.165) is 19.3 Å². The van der Waals surface area contributed by atoms with Crippen molar-refractivity contribution in [2.24, 2.45) is 11.8 Å². The van der Waals surface area contributed by atoms with E-state index in [4.69, 9.17) is 26.1 Å². The molecule has 6 aliphatic rings. The number of phenolic OH excluding ortho intramolecular Hbond substituents is 1. The molecule has 1 amide bonds. The lowest BCUT2D eigenvalue weighted by Crippen LogP contribution is -2.55. The van der Waals surface area contributed by atoms with Gasteiger partial charge in [0.15, 0.2) is 12.0 Å². The zero-order valence-electron chi connectivity index (χ0n) is 24.9. The molecule has 13 heteroatoms. The van der Waals surface area contributed by atoms with E-state index >= 15 is 4.39 Å². The van der Waals surface area contributed by atoms with E-state index < -0.39 is 29.8 Å². The standard InChI is InChI=1S/C32H35ClF2N6O4/c1-32-5-7-41(15-32)28-22-13-36-26(21-11-19(42)12-23(33)24(21)20-10-16(20)4-8-44-31(43)39-32)25(35)27(22)37-30(38-28)45-29-17-3-2-6-40(29)14-18(34)9-17/h11-13,16-18,20,29,42H,2-10,14-15H2,1H3,(H,39,43)/t16-,17?,18+,20+,29?,32+/m0/s1. The Bertz CT molecular complexity index is 1680. The number of alkyl carbamates (subject to hydrolysis) is 1. The first kappa shape index (κ1) is 28.9. The summed E-state index contributed by atoms with van der Waals surface area (Å²) in [6, 6.07) is 2.94. The van der Waals surface area contributed by atoms with Crippen molar-refractivity contribution in [1.29, 1.82) is 0 Å². The Labute approximate surface area is 264 Å². The average molecular weight is 641 g/mol. The molecular formula is C32H35ClF2N6O4. The summed E-state index contributed by atoms with van der Waals surface area (Å²) in [6.07, 6.45) is 3.97. The molecule has 0 radical (unpaired) electrons.